The maximum Gasteiger partial charge on any atom is 0.147 e. The van der Waals surface area contributed by atoms with E-state index in [0.717, 1.165) is 59.2 Å². The van der Waals surface area contributed by atoms with Gasteiger partial charge in [0.2, 0.25) is 0 Å². The Morgan fingerprint density at radius 2 is 1.38 bits per heavy atom. The van der Waals surface area contributed by atoms with Crippen LogP contribution in [-0.2, 0) is 13.2 Å². The van der Waals surface area contributed by atoms with Crippen molar-refractivity contribution in [2.45, 2.75) is 26.0 Å². The van der Waals surface area contributed by atoms with Crippen molar-refractivity contribution in [1.29, 1.82) is 0 Å². The van der Waals surface area contributed by atoms with Gasteiger partial charge < -0.3 is 23.5 Å². The molecule has 0 saturated carbocycles. The minimum absolute atomic E-state index is 0.391. The second-order valence-electron chi connectivity index (χ2n) is 7.37. The van der Waals surface area contributed by atoms with Gasteiger partial charge in [0.25, 0.3) is 0 Å². The topological polar surface area (TPSA) is 54.7 Å². The molecule has 0 aliphatic heterocycles. The lowest BCUT2D eigenvalue weighted by Gasteiger charge is -2.12. The van der Waals surface area contributed by atoms with Crippen LogP contribution in [0.5, 0.6) is 23.0 Å². The summed E-state index contributed by atoms with van der Waals surface area (Å²) in [4.78, 5) is 4.80. The molecule has 1 heterocycles. The van der Waals surface area contributed by atoms with Crippen LogP contribution in [0.15, 0.2) is 72.8 Å². The zero-order chi connectivity index (χ0) is 22.2. The Morgan fingerprint density at radius 1 is 0.719 bits per heavy atom. The third-order valence-electron chi connectivity index (χ3n) is 5.23. The fourth-order valence-corrected chi connectivity index (χ4v) is 3.58. The normalized spacial score (nSPS) is 10.8. The van der Waals surface area contributed by atoms with Crippen LogP contribution in [0.3, 0.4) is 0 Å². The Bertz CT molecular complexity index is 1160. The maximum absolute atomic E-state index is 6.01. The quantitative estimate of drug-likeness (QED) is 0.293. The molecule has 32 heavy (non-hydrogen) atoms. The summed E-state index contributed by atoms with van der Waals surface area (Å²) in [5, 5.41) is 0. The summed E-state index contributed by atoms with van der Waals surface area (Å²) in [6.45, 7) is 1.89. The number of imidazole rings is 1. The average Bonchev–Trinajstić information content (AvgIpc) is 3.20. The van der Waals surface area contributed by atoms with Crippen molar-refractivity contribution in [1.82, 2.24) is 9.55 Å². The van der Waals surface area contributed by atoms with Crippen LogP contribution < -0.4 is 18.9 Å². The third kappa shape index (κ3) is 5.32. The molecule has 6 heteroatoms. The summed E-state index contributed by atoms with van der Waals surface area (Å²) in [7, 11) is 3.31. The van der Waals surface area contributed by atoms with Crippen molar-refractivity contribution < 1.29 is 18.9 Å². The number of para-hydroxylation sites is 2. The maximum atomic E-state index is 6.01. The van der Waals surface area contributed by atoms with Gasteiger partial charge in [0.15, 0.2) is 0 Å². The zero-order valence-corrected chi connectivity index (χ0v) is 18.5. The van der Waals surface area contributed by atoms with Gasteiger partial charge in [-0.05, 0) is 49.2 Å². The molecule has 166 valence electrons. The molecule has 0 saturated heterocycles. The first-order chi connectivity index (χ1) is 15.8. The fourth-order valence-electron chi connectivity index (χ4n) is 3.58. The Labute approximate surface area is 188 Å². The predicted octanol–water partition coefficient (Wildman–Crippen LogP) is 5.49. The lowest BCUT2D eigenvalue weighted by Crippen LogP contribution is -2.09. The summed E-state index contributed by atoms with van der Waals surface area (Å²) < 4.78 is 24.6. The summed E-state index contributed by atoms with van der Waals surface area (Å²) in [5.41, 5.74) is 2.09. The second-order valence-corrected chi connectivity index (χ2v) is 7.37. The number of fused-ring (bicyclic) bond motifs is 1. The average molecular weight is 433 g/mol. The smallest absolute Gasteiger partial charge is 0.147 e. The summed E-state index contributed by atoms with van der Waals surface area (Å²) in [5.74, 6) is 4.06. The van der Waals surface area contributed by atoms with E-state index < -0.39 is 0 Å². The molecule has 0 fully saturated rings. The Kier molecular flexibility index (Phi) is 7.12. The van der Waals surface area contributed by atoms with Crippen LogP contribution in [0.4, 0.5) is 0 Å². The molecule has 6 nitrogen and oxygen atoms in total. The van der Waals surface area contributed by atoms with Crippen LogP contribution in [0, 0.1) is 0 Å². The van der Waals surface area contributed by atoms with Gasteiger partial charge in [-0.1, -0.05) is 24.3 Å². The number of benzene rings is 3. The Balaban J connectivity index is 1.37. The molecule has 0 amide bonds. The fraction of sp³-hybridized carbons (Fsp3) is 0.269. The van der Waals surface area contributed by atoms with E-state index in [1.165, 1.54) is 0 Å². The number of rotatable bonds is 11. The molecule has 4 rings (SSSR count). The highest BCUT2D eigenvalue weighted by Crippen LogP contribution is 2.22. The van der Waals surface area contributed by atoms with Crippen molar-refractivity contribution in [2.24, 2.45) is 0 Å². The Morgan fingerprint density at radius 3 is 2.09 bits per heavy atom. The van der Waals surface area contributed by atoms with Crippen LogP contribution in [0.1, 0.15) is 18.7 Å². The molecule has 3 aromatic carbocycles. The molecular formula is C26H28N2O4. The van der Waals surface area contributed by atoms with Gasteiger partial charge >= 0.3 is 0 Å². The number of unbranched alkanes of at least 4 members (excludes halogenated alkanes) is 1. The van der Waals surface area contributed by atoms with E-state index >= 15 is 0 Å². The van der Waals surface area contributed by atoms with Gasteiger partial charge in [0.05, 0.1) is 31.9 Å². The van der Waals surface area contributed by atoms with Gasteiger partial charge in [-0.25, -0.2) is 4.98 Å². The lowest BCUT2D eigenvalue weighted by molar-refractivity contribution is 0.283. The summed E-state index contributed by atoms with van der Waals surface area (Å²) >= 11 is 0. The van der Waals surface area contributed by atoms with E-state index in [9.17, 15) is 0 Å². The molecule has 4 aromatic rings. The predicted molar refractivity (Wildman–Crippen MR) is 125 cm³/mol. The second kappa shape index (κ2) is 10.6. The SMILES string of the molecule is COc1cccc(OCCCCn2c(COc3cccc(OC)c3)nc3ccccc32)c1. The highest BCUT2D eigenvalue weighted by Gasteiger charge is 2.11. The molecule has 0 N–H and O–H groups in total. The molecule has 0 aliphatic rings. The summed E-state index contributed by atoms with van der Waals surface area (Å²) in [6, 6.07) is 23.5. The molecule has 0 aliphatic carbocycles. The first-order valence-electron chi connectivity index (χ1n) is 10.7. The van der Waals surface area contributed by atoms with E-state index in [1.807, 2.05) is 66.7 Å². The number of ether oxygens (including phenoxy) is 4. The van der Waals surface area contributed by atoms with Gasteiger partial charge in [-0.3, -0.25) is 0 Å². The Hall–Kier alpha value is -3.67. The number of methoxy groups -OCH3 is 2. The van der Waals surface area contributed by atoms with Crippen LogP contribution in [0.2, 0.25) is 0 Å². The standard InChI is InChI=1S/C26H28N2O4/c1-29-20-9-7-11-22(17-20)31-16-6-5-15-28-25-14-4-3-13-24(25)27-26(28)19-32-23-12-8-10-21(18-23)30-2/h3-4,7-14,17-18H,5-6,15-16,19H2,1-2H3. The molecule has 0 radical (unpaired) electrons. The van der Waals surface area contributed by atoms with E-state index in [1.54, 1.807) is 14.2 Å². The number of hydrogen-bond acceptors (Lipinski definition) is 5. The number of nitrogens with zero attached hydrogens (tertiary/aromatic N) is 2. The first kappa shape index (κ1) is 21.6. The van der Waals surface area contributed by atoms with Crippen molar-refractivity contribution in [3.05, 3.63) is 78.6 Å². The van der Waals surface area contributed by atoms with E-state index in [2.05, 4.69) is 10.6 Å². The molecular weight excluding hydrogens is 404 g/mol. The highest BCUT2D eigenvalue weighted by molar-refractivity contribution is 5.75. The molecule has 1 aromatic heterocycles. The minimum atomic E-state index is 0.391. The molecule has 0 spiro atoms. The molecule has 0 bridgehead atoms. The van der Waals surface area contributed by atoms with Crippen molar-refractivity contribution in [3.8, 4) is 23.0 Å². The van der Waals surface area contributed by atoms with Gasteiger partial charge in [-0.15, -0.1) is 0 Å². The van der Waals surface area contributed by atoms with Crippen molar-refractivity contribution in [2.75, 3.05) is 20.8 Å². The van der Waals surface area contributed by atoms with Crippen LogP contribution >= 0.6 is 0 Å². The summed E-state index contributed by atoms with van der Waals surface area (Å²) in [6.07, 6.45) is 1.90. The number of hydrogen-bond donors (Lipinski definition) is 0. The number of aryl methyl sites for hydroxylation is 1. The highest BCUT2D eigenvalue weighted by atomic mass is 16.5. The van der Waals surface area contributed by atoms with E-state index in [4.69, 9.17) is 23.9 Å². The van der Waals surface area contributed by atoms with Gasteiger partial charge in [0.1, 0.15) is 35.4 Å². The zero-order valence-electron chi connectivity index (χ0n) is 18.5. The number of aromatic nitrogens is 2. The van der Waals surface area contributed by atoms with E-state index in [0.29, 0.717) is 13.2 Å². The van der Waals surface area contributed by atoms with Gasteiger partial charge in [0, 0.05) is 18.7 Å². The largest absolute Gasteiger partial charge is 0.497 e. The molecule has 0 atom stereocenters. The van der Waals surface area contributed by atoms with E-state index in [-0.39, 0.29) is 0 Å². The van der Waals surface area contributed by atoms with Crippen LogP contribution in [0.25, 0.3) is 11.0 Å². The van der Waals surface area contributed by atoms with Crippen molar-refractivity contribution in [3.63, 3.8) is 0 Å². The van der Waals surface area contributed by atoms with Crippen molar-refractivity contribution >= 4 is 11.0 Å². The molecule has 0 unspecified atom stereocenters. The third-order valence-corrected chi connectivity index (χ3v) is 5.23. The lowest BCUT2D eigenvalue weighted by atomic mass is 10.3. The monoisotopic (exact) mass is 432 g/mol. The van der Waals surface area contributed by atoms with Gasteiger partial charge in [-0.2, -0.15) is 0 Å². The minimum Gasteiger partial charge on any atom is -0.497 e. The first-order valence-corrected chi connectivity index (χ1v) is 10.7. The van der Waals surface area contributed by atoms with Crippen LogP contribution in [-0.4, -0.2) is 30.4 Å².